The van der Waals surface area contributed by atoms with Crippen molar-refractivity contribution in [2.45, 2.75) is 6.92 Å². The van der Waals surface area contributed by atoms with Crippen molar-refractivity contribution in [1.82, 2.24) is 14.9 Å². The maximum Gasteiger partial charge on any atom is 0.204 e. The van der Waals surface area contributed by atoms with Gasteiger partial charge in [-0.3, -0.25) is 4.90 Å². The van der Waals surface area contributed by atoms with Crippen molar-refractivity contribution >= 4 is 11.6 Å². The number of methoxy groups -OCH3 is 1. The number of aromatic nitrogens is 2. The number of aliphatic hydroxyl groups excluding tert-OH is 1. The Morgan fingerprint density at radius 1 is 1.30 bits per heavy atom. The van der Waals surface area contributed by atoms with Gasteiger partial charge in [0, 0.05) is 39.3 Å². The summed E-state index contributed by atoms with van der Waals surface area (Å²) in [5.74, 6) is 2.27. The first kappa shape index (κ1) is 14.8. The minimum absolute atomic E-state index is 0.210. The van der Waals surface area contributed by atoms with Gasteiger partial charge in [-0.1, -0.05) is 0 Å². The van der Waals surface area contributed by atoms with E-state index in [1.54, 1.807) is 13.4 Å². The summed E-state index contributed by atoms with van der Waals surface area (Å²) in [4.78, 5) is 13.0. The van der Waals surface area contributed by atoms with Crippen molar-refractivity contribution in [2.24, 2.45) is 0 Å². The quantitative estimate of drug-likeness (QED) is 0.762. The van der Waals surface area contributed by atoms with Crippen molar-refractivity contribution in [2.75, 3.05) is 63.2 Å². The van der Waals surface area contributed by atoms with Gasteiger partial charge in [0.1, 0.15) is 6.33 Å². The van der Waals surface area contributed by atoms with Crippen LogP contribution in [0.15, 0.2) is 6.33 Å². The van der Waals surface area contributed by atoms with Gasteiger partial charge in [-0.05, 0) is 6.92 Å². The lowest BCUT2D eigenvalue weighted by Crippen LogP contribution is -2.47. The lowest BCUT2D eigenvalue weighted by molar-refractivity contribution is 0.188. The van der Waals surface area contributed by atoms with E-state index in [2.05, 4.69) is 25.1 Å². The van der Waals surface area contributed by atoms with Gasteiger partial charge >= 0.3 is 0 Å². The normalized spacial score (nSPS) is 16.2. The van der Waals surface area contributed by atoms with Crippen molar-refractivity contribution in [3.8, 4) is 5.75 Å². The highest BCUT2D eigenvalue weighted by atomic mass is 16.5. The average molecular weight is 281 g/mol. The van der Waals surface area contributed by atoms with Crippen LogP contribution in [0, 0.1) is 0 Å². The van der Waals surface area contributed by atoms with Gasteiger partial charge in [-0.25, -0.2) is 9.97 Å². The zero-order chi connectivity index (χ0) is 14.4. The Morgan fingerprint density at radius 2 is 2.05 bits per heavy atom. The zero-order valence-corrected chi connectivity index (χ0v) is 12.2. The van der Waals surface area contributed by atoms with Crippen LogP contribution in [0.4, 0.5) is 11.6 Å². The monoisotopic (exact) mass is 281 g/mol. The third kappa shape index (κ3) is 3.29. The molecule has 0 aromatic carbocycles. The number of rotatable bonds is 6. The van der Waals surface area contributed by atoms with E-state index in [0.717, 1.165) is 50.9 Å². The molecule has 112 valence electrons. The number of nitrogens with zero attached hydrogens (tertiary/aromatic N) is 4. The minimum atomic E-state index is 0.210. The van der Waals surface area contributed by atoms with Crippen LogP contribution in [0.25, 0.3) is 0 Å². The summed E-state index contributed by atoms with van der Waals surface area (Å²) in [5, 5.41) is 12.2. The Hall–Kier alpha value is -1.60. The molecule has 1 aliphatic heterocycles. The van der Waals surface area contributed by atoms with Crippen molar-refractivity contribution < 1.29 is 9.84 Å². The molecular formula is C13H23N5O2. The van der Waals surface area contributed by atoms with Crippen LogP contribution in [0.1, 0.15) is 6.92 Å². The Bertz CT molecular complexity index is 421. The van der Waals surface area contributed by atoms with Gasteiger partial charge in [0.25, 0.3) is 0 Å². The van der Waals surface area contributed by atoms with Crippen molar-refractivity contribution in [3.05, 3.63) is 6.33 Å². The maximum absolute atomic E-state index is 8.97. The molecule has 0 aliphatic carbocycles. The molecule has 1 fully saturated rings. The molecule has 1 saturated heterocycles. The molecule has 0 spiro atoms. The Kier molecular flexibility index (Phi) is 5.37. The molecule has 1 aliphatic rings. The van der Waals surface area contributed by atoms with E-state index in [-0.39, 0.29) is 6.61 Å². The number of nitrogens with one attached hydrogen (secondary N) is 1. The van der Waals surface area contributed by atoms with Gasteiger partial charge in [-0.2, -0.15) is 0 Å². The molecule has 7 heteroatoms. The third-order valence-electron chi connectivity index (χ3n) is 3.42. The zero-order valence-electron chi connectivity index (χ0n) is 12.2. The molecule has 0 radical (unpaired) electrons. The molecule has 0 bridgehead atoms. The van der Waals surface area contributed by atoms with Gasteiger partial charge in [0.15, 0.2) is 11.6 Å². The fraction of sp³-hybridized carbons (Fsp3) is 0.692. The average Bonchev–Trinajstić information content (AvgIpc) is 2.48. The molecule has 2 heterocycles. The van der Waals surface area contributed by atoms with Crippen LogP contribution in [0.2, 0.25) is 0 Å². The highest BCUT2D eigenvalue weighted by Crippen LogP contribution is 2.32. The topological polar surface area (TPSA) is 73.8 Å². The molecule has 2 rings (SSSR count). The number of anilines is 2. The first-order valence-electron chi connectivity index (χ1n) is 7.01. The second kappa shape index (κ2) is 7.25. The standard InChI is InChI=1S/C13H23N5O2/c1-3-14-12-11(20-2)13(16-10-15-12)18-6-4-17(5-7-18)8-9-19/h10,19H,3-9H2,1-2H3,(H,14,15,16). The van der Waals surface area contributed by atoms with E-state index in [1.807, 2.05) is 6.92 Å². The summed E-state index contributed by atoms with van der Waals surface area (Å²) < 4.78 is 5.47. The van der Waals surface area contributed by atoms with Gasteiger partial charge < -0.3 is 20.1 Å². The van der Waals surface area contributed by atoms with E-state index in [9.17, 15) is 0 Å². The first-order chi connectivity index (χ1) is 9.80. The first-order valence-corrected chi connectivity index (χ1v) is 7.01. The number of hydrogen-bond acceptors (Lipinski definition) is 7. The Labute approximate surface area is 119 Å². The number of β-amino-alcohol motifs (C(OH)–C–C–N with tert-alkyl or cyclic N) is 1. The summed E-state index contributed by atoms with van der Waals surface area (Å²) in [5.41, 5.74) is 0. The Morgan fingerprint density at radius 3 is 2.65 bits per heavy atom. The third-order valence-corrected chi connectivity index (χ3v) is 3.42. The van der Waals surface area contributed by atoms with Crippen LogP contribution >= 0.6 is 0 Å². The summed E-state index contributed by atoms with van der Waals surface area (Å²) >= 11 is 0. The summed E-state index contributed by atoms with van der Waals surface area (Å²) in [7, 11) is 1.64. The predicted octanol–water partition coefficient (Wildman–Crippen LogP) is 0.0313. The summed E-state index contributed by atoms with van der Waals surface area (Å²) in [6.45, 7) is 7.34. The fourth-order valence-electron chi connectivity index (χ4n) is 2.40. The number of hydrogen-bond donors (Lipinski definition) is 2. The second-order valence-corrected chi connectivity index (χ2v) is 4.66. The van der Waals surface area contributed by atoms with Gasteiger partial charge in [-0.15, -0.1) is 0 Å². The van der Waals surface area contributed by atoms with E-state index in [4.69, 9.17) is 9.84 Å². The number of ether oxygens (including phenoxy) is 1. The van der Waals surface area contributed by atoms with E-state index in [0.29, 0.717) is 5.75 Å². The van der Waals surface area contributed by atoms with Crippen LogP contribution in [0.3, 0.4) is 0 Å². The van der Waals surface area contributed by atoms with E-state index < -0.39 is 0 Å². The minimum Gasteiger partial charge on any atom is -0.490 e. The molecule has 7 nitrogen and oxygen atoms in total. The van der Waals surface area contributed by atoms with Crippen LogP contribution in [-0.2, 0) is 0 Å². The molecule has 0 unspecified atom stereocenters. The molecule has 0 amide bonds. The Balaban J connectivity index is 2.11. The van der Waals surface area contributed by atoms with Crippen LogP contribution in [0.5, 0.6) is 5.75 Å². The SMILES string of the molecule is CCNc1ncnc(N2CCN(CCO)CC2)c1OC. The van der Waals surface area contributed by atoms with Crippen LogP contribution in [-0.4, -0.2) is 73.0 Å². The number of piperazine rings is 1. The molecule has 2 N–H and O–H groups in total. The largest absolute Gasteiger partial charge is 0.490 e. The summed E-state index contributed by atoms with van der Waals surface area (Å²) in [6, 6.07) is 0. The molecule has 1 aromatic rings. The lowest BCUT2D eigenvalue weighted by atomic mass is 10.3. The van der Waals surface area contributed by atoms with E-state index >= 15 is 0 Å². The lowest BCUT2D eigenvalue weighted by Gasteiger charge is -2.35. The second-order valence-electron chi connectivity index (χ2n) is 4.66. The van der Waals surface area contributed by atoms with Gasteiger partial charge in [0.2, 0.25) is 5.75 Å². The molecule has 0 saturated carbocycles. The number of aliphatic hydroxyl groups is 1. The summed E-state index contributed by atoms with van der Waals surface area (Å²) in [6.07, 6.45) is 1.57. The van der Waals surface area contributed by atoms with Crippen molar-refractivity contribution in [3.63, 3.8) is 0 Å². The predicted molar refractivity (Wildman–Crippen MR) is 78.5 cm³/mol. The molecule has 1 aromatic heterocycles. The van der Waals surface area contributed by atoms with Crippen LogP contribution < -0.4 is 15.0 Å². The van der Waals surface area contributed by atoms with E-state index in [1.165, 1.54) is 0 Å². The molecule has 20 heavy (non-hydrogen) atoms. The highest BCUT2D eigenvalue weighted by Gasteiger charge is 2.22. The highest BCUT2D eigenvalue weighted by molar-refractivity contribution is 5.64. The molecular weight excluding hydrogens is 258 g/mol. The maximum atomic E-state index is 8.97. The smallest absolute Gasteiger partial charge is 0.204 e. The molecule has 0 atom stereocenters. The van der Waals surface area contributed by atoms with Crippen molar-refractivity contribution in [1.29, 1.82) is 0 Å². The fourth-order valence-corrected chi connectivity index (χ4v) is 2.40. The van der Waals surface area contributed by atoms with Gasteiger partial charge in [0.05, 0.1) is 13.7 Å².